The summed E-state index contributed by atoms with van der Waals surface area (Å²) in [5.41, 5.74) is 12.5. The molecule has 212 valence electrons. The molecule has 0 saturated heterocycles. The minimum atomic E-state index is -0.443. The smallest absolute Gasteiger partial charge is 0.0745 e. The Morgan fingerprint density at radius 3 is 1.56 bits per heavy atom. The van der Waals surface area contributed by atoms with Crippen molar-refractivity contribution in [2.24, 2.45) is 0 Å². The highest BCUT2D eigenvalue weighted by Gasteiger charge is 2.49. The van der Waals surface area contributed by atoms with Gasteiger partial charge in [-0.25, -0.2) is 0 Å². The maximum absolute atomic E-state index is 2.42. The zero-order valence-corrected chi connectivity index (χ0v) is 26.1. The monoisotopic (exact) mass is 608 g/mol. The van der Waals surface area contributed by atoms with Crippen molar-refractivity contribution in [3.05, 3.63) is 192 Å². The lowest BCUT2D eigenvalue weighted by molar-refractivity contribution is 0.668. The lowest BCUT2D eigenvalue weighted by Crippen LogP contribution is -2.36. The van der Waals surface area contributed by atoms with E-state index in [0.717, 1.165) is 0 Å². The lowest BCUT2D eigenvalue weighted by atomic mass is 9.64. The average molecular weight is 609 g/mol. The molecule has 1 spiro atoms. The quantitative estimate of drug-likeness (QED) is 0.196. The largest absolute Gasteiger partial charge is 0.0894 e. The van der Waals surface area contributed by atoms with Crippen LogP contribution in [0.4, 0.5) is 0 Å². The first kappa shape index (κ1) is 26.6. The Labute approximate surface area is 272 Å². The van der Waals surface area contributed by atoms with Gasteiger partial charge in [0.1, 0.15) is 0 Å². The summed E-state index contributed by atoms with van der Waals surface area (Å²) < 4.78 is 0. The molecule has 2 aliphatic heterocycles. The molecule has 0 radical (unpaired) electrons. The molecule has 0 fully saturated rings. The van der Waals surface area contributed by atoms with Crippen LogP contribution in [-0.4, -0.2) is 0 Å². The zero-order chi connectivity index (χ0) is 29.8. The van der Waals surface area contributed by atoms with E-state index in [1.54, 1.807) is 0 Å². The molecule has 0 saturated carbocycles. The second kappa shape index (κ2) is 10.7. The summed E-state index contributed by atoms with van der Waals surface area (Å²) in [4.78, 5) is 5.28. The van der Waals surface area contributed by atoms with Crippen LogP contribution in [0.1, 0.15) is 22.3 Å². The molecule has 0 N–H and O–H groups in total. The van der Waals surface area contributed by atoms with Gasteiger partial charge in [-0.05, 0) is 73.8 Å². The molecule has 0 aromatic heterocycles. The third-order valence-electron chi connectivity index (χ3n) is 9.23. The van der Waals surface area contributed by atoms with Crippen LogP contribution in [0.25, 0.3) is 33.4 Å². The van der Waals surface area contributed by atoms with E-state index in [9.17, 15) is 0 Å². The van der Waals surface area contributed by atoms with Crippen molar-refractivity contribution < 1.29 is 0 Å². The van der Waals surface area contributed by atoms with Gasteiger partial charge in [-0.1, -0.05) is 175 Å². The molecule has 2 heterocycles. The molecule has 0 amide bonds. The summed E-state index contributed by atoms with van der Waals surface area (Å²) in [6, 6.07) is 62.7. The summed E-state index contributed by atoms with van der Waals surface area (Å²) in [5.74, 6) is 0. The van der Waals surface area contributed by atoms with Crippen LogP contribution in [0.5, 0.6) is 0 Å². The first-order chi connectivity index (χ1) is 22.3. The van der Waals surface area contributed by atoms with Crippen LogP contribution in [-0.2, 0) is 5.41 Å². The topological polar surface area (TPSA) is 0 Å². The van der Waals surface area contributed by atoms with Gasteiger partial charge in [-0.15, -0.1) is 0 Å². The van der Waals surface area contributed by atoms with Crippen molar-refractivity contribution in [2.45, 2.75) is 25.0 Å². The number of hydrogen-bond acceptors (Lipinski definition) is 2. The SMILES string of the molecule is c1ccc(-c2ccc3c(c2)Sc2c(-c4ccccc4-c4ccccc4)cccc2C32c3ccccc3Sc3ccccc32)cc1. The maximum atomic E-state index is 2.42. The molecule has 2 heteroatoms. The molecule has 0 bridgehead atoms. The highest BCUT2D eigenvalue weighted by molar-refractivity contribution is 8.00. The van der Waals surface area contributed by atoms with Crippen molar-refractivity contribution >= 4 is 23.5 Å². The van der Waals surface area contributed by atoms with E-state index in [1.165, 1.54) is 75.2 Å². The van der Waals surface area contributed by atoms with Crippen LogP contribution >= 0.6 is 23.5 Å². The molecule has 9 rings (SSSR count). The molecule has 7 aromatic rings. The Balaban J connectivity index is 1.39. The van der Waals surface area contributed by atoms with Crippen molar-refractivity contribution in [2.75, 3.05) is 0 Å². The van der Waals surface area contributed by atoms with Gasteiger partial charge in [0.05, 0.1) is 5.41 Å². The maximum Gasteiger partial charge on any atom is 0.0745 e. The molecule has 45 heavy (non-hydrogen) atoms. The van der Waals surface area contributed by atoms with Crippen molar-refractivity contribution in [1.29, 1.82) is 0 Å². The molecule has 2 aliphatic rings. The molecule has 0 atom stereocenters. The van der Waals surface area contributed by atoms with Crippen LogP contribution in [0.3, 0.4) is 0 Å². The second-order valence-corrected chi connectivity index (χ2v) is 13.8. The van der Waals surface area contributed by atoms with Gasteiger partial charge in [-0.3, -0.25) is 0 Å². The van der Waals surface area contributed by atoms with Gasteiger partial charge in [-0.2, -0.15) is 0 Å². The number of rotatable bonds is 3. The molecular weight excluding hydrogens is 581 g/mol. The Kier molecular flexibility index (Phi) is 6.33. The molecule has 0 nitrogen and oxygen atoms in total. The van der Waals surface area contributed by atoms with Crippen molar-refractivity contribution in [3.8, 4) is 33.4 Å². The van der Waals surface area contributed by atoms with Gasteiger partial charge in [0, 0.05) is 19.6 Å². The Hall–Kier alpha value is -4.76. The third-order valence-corrected chi connectivity index (χ3v) is 11.6. The molecule has 0 unspecified atom stereocenters. The Morgan fingerprint density at radius 1 is 0.311 bits per heavy atom. The highest BCUT2D eigenvalue weighted by Crippen LogP contribution is 2.63. The van der Waals surface area contributed by atoms with Gasteiger partial charge in [0.15, 0.2) is 0 Å². The zero-order valence-electron chi connectivity index (χ0n) is 24.5. The van der Waals surface area contributed by atoms with Gasteiger partial charge >= 0.3 is 0 Å². The highest BCUT2D eigenvalue weighted by atomic mass is 32.2. The second-order valence-electron chi connectivity index (χ2n) is 11.6. The fraction of sp³-hybridized carbons (Fsp3) is 0.0233. The summed E-state index contributed by atoms with van der Waals surface area (Å²) in [6.45, 7) is 0. The van der Waals surface area contributed by atoms with Gasteiger partial charge in [0.2, 0.25) is 0 Å². The fourth-order valence-electron chi connectivity index (χ4n) is 7.30. The van der Waals surface area contributed by atoms with E-state index in [1.807, 2.05) is 23.5 Å². The number of benzene rings is 7. The van der Waals surface area contributed by atoms with Crippen LogP contribution in [0.15, 0.2) is 189 Å². The third kappa shape index (κ3) is 4.10. The minimum Gasteiger partial charge on any atom is -0.0894 e. The van der Waals surface area contributed by atoms with E-state index in [-0.39, 0.29) is 0 Å². The van der Waals surface area contributed by atoms with E-state index >= 15 is 0 Å². The van der Waals surface area contributed by atoms with Crippen LogP contribution in [0.2, 0.25) is 0 Å². The predicted molar refractivity (Wildman–Crippen MR) is 189 cm³/mol. The summed E-state index contributed by atoms with van der Waals surface area (Å²) in [7, 11) is 0. The van der Waals surface area contributed by atoms with Crippen LogP contribution < -0.4 is 0 Å². The molecule has 7 aromatic carbocycles. The van der Waals surface area contributed by atoms with E-state index in [0.29, 0.717) is 0 Å². The Bertz CT molecular complexity index is 2170. The molecule has 0 aliphatic carbocycles. The lowest BCUT2D eigenvalue weighted by Gasteiger charge is -2.46. The average Bonchev–Trinajstić information content (AvgIpc) is 3.12. The number of fused-ring (bicyclic) bond motifs is 8. The first-order valence-corrected chi connectivity index (χ1v) is 17.0. The van der Waals surface area contributed by atoms with Crippen LogP contribution in [0, 0.1) is 0 Å². The Morgan fingerprint density at radius 2 is 0.844 bits per heavy atom. The van der Waals surface area contributed by atoms with Gasteiger partial charge < -0.3 is 0 Å². The normalized spacial score (nSPS) is 13.8. The standard InChI is InChI=1S/C43H28S2/c1-3-14-29(15-4-1)31-26-27-37-41(28-31)45-42-34(33-19-8-7-18-32(33)30-16-5-2-6-17-30)20-13-23-38(42)43(37)35-21-9-11-24-39(35)44-40-25-12-10-22-36(40)43/h1-28H. The summed E-state index contributed by atoms with van der Waals surface area (Å²) in [6.07, 6.45) is 0. The van der Waals surface area contributed by atoms with Gasteiger partial charge in [0.25, 0.3) is 0 Å². The summed E-state index contributed by atoms with van der Waals surface area (Å²) >= 11 is 3.82. The van der Waals surface area contributed by atoms with Crippen molar-refractivity contribution in [1.82, 2.24) is 0 Å². The minimum absolute atomic E-state index is 0.443. The number of hydrogen-bond donors (Lipinski definition) is 0. The van der Waals surface area contributed by atoms with E-state index in [2.05, 4.69) is 170 Å². The first-order valence-electron chi connectivity index (χ1n) is 15.4. The van der Waals surface area contributed by atoms with E-state index < -0.39 is 5.41 Å². The van der Waals surface area contributed by atoms with E-state index in [4.69, 9.17) is 0 Å². The summed E-state index contributed by atoms with van der Waals surface area (Å²) in [5, 5.41) is 0. The fourth-order valence-corrected chi connectivity index (χ4v) is 9.85. The van der Waals surface area contributed by atoms with Crippen molar-refractivity contribution in [3.63, 3.8) is 0 Å². The molecular formula is C43H28S2. The predicted octanol–water partition coefficient (Wildman–Crippen LogP) is 12.0.